The number of aromatic nitrogens is 4. The lowest BCUT2D eigenvalue weighted by Crippen LogP contribution is -2.52. The maximum atomic E-state index is 15.2. The van der Waals surface area contributed by atoms with Crippen molar-refractivity contribution in [1.82, 2.24) is 29.5 Å². The van der Waals surface area contributed by atoms with E-state index in [1.165, 1.54) is 6.07 Å². The standard InChI is InChI=1S/C35H46ClF3N6O/c1-8-45-32(40-20-41-45)34(6,7)31-24-17-26(36)21(2)42-30(24)35(46-31)12-15-43(16-13-35)18-22-11-14-44(33(3,4)5)19-25(22)23-9-10-27(37)29(39)28(23)38/h9-10,17,20,22,25,31H,8,11-16,18-19H2,1-7H3/t22?,25-,31?/m1/s1. The molecule has 3 aliphatic rings. The van der Waals surface area contributed by atoms with Crippen molar-refractivity contribution in [2.24, 2.45) is 5.92 Å². The van der Waals surface area contributed by atoms with Gasteiger partial charge in [-0.15, -0.1) is 0 Å². The summed E-state index contributed by atoms with van der Waals surface area (Å²) in [7, 11) is 0. The minimum absolute atomic E-state index is 0.0926. The van der Waals surface area contributed by atoms with Gasteiger partial charge in [0.05, 0.1) is 27.9 Å². The summed E-state index contributed by atoms with van der Waals surface area (Å²) in [4.78, 5) is 14.4. The Hall–Kier alpha value is -2.53. The number of piperidine rings is 2. The first-order valence-corrected chi connectivity index (χ1v) is 16.9. The highest BCUT2D eigenvalue weighted by atomic mass is 35.5. The number of pyridine rings is 1. The smallest absolute Gasteiger partial charge is 0.194 e. The van der Waals surface area contributed by atoms with E-state index in [1.54, 1.807) is 6.33 Å². The molecule has 0 radical (unpaired) electrons. The summed E-state index contributed by atoms with van der Waals surface area (Å²) in [5, 5.41) is 5.04. The summed E-state index contributed by atoms with van der Waals surface area (Å²) < 4.78 is 52.6. The van der Waals surface area contributed by atoms with Gasteiger partial charge < -0.3 is 9.64 Å². The lowest BCUT2D eigenvalue weighted by molar-refractivity contribution is -0.133. The van der Waals surface area contributed by atoms with Crippen molar-refractivity contribution in [2.45, 2.75) is 103 Å². The van der Waals surface area contributed by atoms with E-state index in [0.29, 0.717) is 18.1 Å². The van der Waals surface area contributed by atoms with E-state index in [1.807, 2.05) is 17.7 Å². The molecule has 7 nitrogen and oxygen atoms in total. The molecule has 0 aliphatic carbocycles. The van der Waals surface area contributed by atoms with E-state index in [2.05, 4.69) is 61.4 Å². The number of fused-ring (bicyclic) bond motifs is 2. The Bertz CT molecular complexity index is 1600. The van der Waals surface area contributed by atoms with Crippen LogP contribution in [0, 0.1) is 30.3 Å². The second-order valence-electron chi connectivity index (χ2n) is 14.9. The summed E-state index contributed by atoms with van der Waals surface area (Å²) in [6.45, 7) is 19.1. The van der Waals surface area contributed by atoms with Gasteiger partial charge in [-0.05, 0) is 97.9 Å². The quantitative estimate of drug-likeness (QED) is 0.259. The second kappa shape index (κ2) is 12.2. The molecule has 5 heterocycles. The van der Waals surface area contributed by atoms with Crippen molar-refractivity contribution in [3.8, 4) is 0 Å². The van der Waals surface area contributed by atoms with Crippen molar-refractivity contribution in [2.75, 3.05) is 32.7 Å². The Morgan fingerprint density at radius 3 is 2.41 bits per heavy atom. The largest absolute Gasteiger partial charge is 0.360 e. The van der Waals surface area contributed by atoms with Crippen molar-refractivity contribution < 1.29 is 17.9 Å². The van der Waals surface area contributed by atoms with Gasteiger partial charge in [-0.25, -0.2) is 22.8 Å². The first kappa shape index (κ1) is 33.4. The Morgan fingerprint density at radius 1 is 1.02 bits per heavy atom. The van der Waals surface area contributed by atoms with Gasteiger partial charge in [0.25, 0.3) is 0 Å². The van der Waals surface area contributed by atoms with Crippen LogP contribution in [0.4, 0.5) is 13.2 Å². The molecular formula is C35H46ClF3N6O. The number of rotatable bonds is 6. The zero-order valence-electron chi connectivity index (χ0n) is 28.0. The normalized spacial score (nSPS) is 24.1. The molecular weight excluding hydrogens is 613 g/mol. The van der Waals surface area contributed by atoms with Gasteiger partial charge in [-0.1, -0.05) is 17.7 Å². The van der Waals surface area contributed by atoms with Crippen LogP contribution >= 0.6 is 11.6 Å². The molecule has 1 spiro atoms. The summed E-state index contributed by atoms with van der Waals surface area (Å²) in [5.74, 6) is -2.91. The van der Waals surface area contributed by atoms with E-state index in [9.17, 15) is 8.78 Å². The third-order valence-electron chi connectivity index (χ3n) is 10.7. The zero-order chi connectivity index (χ0) is 33.2. The Labute approximate surface area is 275 Å². The van der Waals surface area contributed by atoms with E-state index in [0.717, 1.165) is 74.3 Å². The third kappa shape index (κ3) is 5.77. The topological polar surface area (TPSA) is 59.3 Å². The fraction of sp³-hybridized carbons (Fsp3) is 0.629. The summed E-state index contributed by atoms with van der Waals surface area (Å²) in [6, 6.07) is 4.51. The number of nitrogens with zero attached hydrogens (tertiary/aromatic N) is 6. The number of likely N-dealkylation sites (tertiary alicyclic amines) is 2. The van der Waals surface area contributed by atoms with Gasteiger partial charge >= 0.3 is 0 Å². The first-order valence-electron chi connectivity index (χ1n) is 16.5. The second-order valence-corrected chi connectivity index (χ2v) is 15.4. The molecule has 3 atom stereocenters. The zero-order valence-corrected chi connectivity index (χ0v) is 28.8. The van der Waals surface area contributed by atoms with Gasteiger partial charge in [-0.3, -0.25) is 9.88 Å². The van der Waals surface area contributed by atoms with Crippen LogP contribution in [0.5, 0.6) is 0 Å². The minimum Gasteiger partial charge on any atom is -0.360 e. The Balaban J connectivity index is 1.25. The predicted molar refractivity (Wildman–Crippen MR) is 172 cm³/mol. The van der Waals surface area contributed by atoms with Crippen LogP contribution in [0.25, 0.3) is 0 Å². The Kier molecular flexibility index (Phi) is 8.83. The summed E-state index contributed by atoms with van der Waals surface area (Å²) in [6.07, 6.45) is 3.61. The summed E-state index contributed by atoms with van der Waals surface area (Å²) >= 11 is 6.65. The van der Waals surface area contributed by atoms with Crippen molar-refractivity contribution in [1.29, 1.82) is 0 Å². The molecule has 6 rings (SSSR count). The number of ether oxygens (including phenoxy) is 1. The molecule has 11 heteroatoms. The van der Waals surface area contributed by atoms with Crippen LogP contribution < -0.4 is 0 Å². The number of hydrogen-bond donors (Lipinski definition) is 0. The Morgan fingerprint density at radius 2 is 1.74 bits per heavy atom. The molecule has 0 N–H and O–H groups in total. The average Bonchev–Trinajstić information content (AvgIpc) is 3.62. The van der Waals surface area contributed by atoms with Crippen molar-refractivity contribution >= 4 is 11.6 Å². The fourth-order valence-electron chi connectivity index (χ4n) is 7.94. The van der Waals surface area contributed by atoms with E-state index in [-0.39, 0.29) is 29.0 Å². The molecule has 0 saturated carbocycles. The van der Waals surface area contributed by atoms with Gasteiger partial charge in [0.1, 0.15) is 17.8 Å². The van der Waals surface area contributed by atoms with Crippen LogP contribution in [-0.4, -0.2) is 67.8 Å². The molecule has 1 aromatic carbocycles. The van der Waals surface area contributed by atoms with E-state index in [4.69, 9.17) is 21.3 Å². The molecule has 3 aliphatic heterocycles. The molecule has 0 bridgehead atoms. The van der Waals surface area contributed by atoms with Gasteiger partial charge in [-0.2, -0.15) is 5.10 Å². The monoisotopic (exact) mass is 658 g/mol. The number of halogens is 4. The van der Waals surface area contributed by atoms with Gasteiger partial charge in [0.2, 0.25) is 0 Å². The van der Waals surface area contributed by atoms with Crippen LogP contribution in [0.2, 0.25) is 5.02 Å². The third-order valence-corrected chi connectivity index (χ3v) is 11.1. The maximum absolute atomic E-state index is 15.2. The molecule has 250 valence electrons. The number of hydrogen-bond acceptors (Lipinski definition) is 6. The highest BCUT2D eigenvalue weighted by molar-refractivity contribution is 6.31. The van der Waals surface area contributed by atoms with Crippen LogP contribution in [0.3, 0.4) is 0 Å². The molecule has 2 fully saturated rings. The minimum atomic E-state index is -1.39. The van der Waals surface area contributed by atoms with Crippen molar-refractivity contribution in [3.63, 3.8) is 0 Å². The van der Waals surface area contributed by atoms with Crippen molar-refractivity contribution in [3.05, 3.63) is 75.3 Å². The highest BCUT2D eigenvalue weighted by Crippen LogP contribution is 2.55. The molecule has 3 aromatic rings. The number of aryl methyl sites for hydroxylation is 2. The van der Waals surface area contributed by atoms with E-state index < -0.39 is 28.5 Å². The molecule has 2 aromatic heterocycles. The van der Waals surface area contributed by atoms with Crippen LogP contribution in [0.1, 0.15) is 101 Å². The lowest BCUT2D eigenvalue weighted by atomic mass is 9.78. The predicted octanol–water partition coefficient (Wildman–Crippen LogP) is 7.32. The average molecular weight is 659 g/mol. The molecule has 2 saturated heterocycles. The van der Waals surface area contributed by atoms with Crippen LogP contribution in [0.15, 0.2) is 24.5 Å². The first-order chi connectivity index (χ1) is 21.7. The van der Waals surface area contributed by atoms with Gasteiger partial charge in [0, 0.05) is 49.7 Å². The lowest BCUT2D eigenvalue weighted by Gasteiger charge is -2.47. The molecule has 46 heavy (non-hydrogen) atoms. The highest BCUT2D eigenvalue weighted by Gasteiger charge is 2.54. The van der Waals surface area contributed by atoms with E-state index >= 15 is 4.39 Å². The summed E-state index contributed by atoms with van der Waals surface area (Å²) in [5.41, 5.74) is 1.82. The van der Waals surface area contributed by atoms with Gasteiger partial charge in [0.15, 0.2) is 17.5 Å². The fourth-order valence-corrected chi connectivity index (χ4v) is 8.10. The molecule has 0 amide bonds. The number of benzene rings is 1. The SMILES string of the molecule is CCn1ncnc1C(C)(C)C1OC2(CCN(CC3CCN(C(C)(C)C)C[C@H]3c3ccc(F)c(F)c3F)CC2)c2nc(C)c(Cl)cc21. The maximum Gasteiger partial charge on any atom is 0.194 e. The molecule has 2 unspecified atom stereocenters. The van der Waals surface area contributed by atoms with Crippen LogP contribution in [-0.2, 0) is 22.3 Å².